The van der Waals surface area contributed by atoms with E-state index in [2.05, 4.69) is 34.3 Å². The normalized spacial score (nSPS) is 13.5. The Morgan fingerprint density at radius 1 is 1.09 bits per heavy atom. The summed E-state index contributed by atoms with van der Waals surface area (Å²) in [7, 11) is 3.50. The largest absolute Gasteiger partial charge is 0.343 e. The standard InChI is InChI=1S/C19H19N3O/c1-13-4-5-15-6-7-16(14-8-10-20-11-9-14)12-17(15)18(21-13)19(23)22(2)3/h4,6-12H,5H2,1-3H3. The predicted octanol–water partition coefficient (Wildman–Crippen LogP) is 3.09. The number of amides is 1. The van der Waals surface area contributed by atoms with Crippen LogP contribution in [0.4, 0.5) is 0 Å². The first kappa shape index (κ1) is 15.2. The van der Waals surface area contributed by atoms with Crippen LogP contribution in [0.3, 0.4) is 0 Å². The van der Waals surface area contributed by atoms with E-state index in [0.29, 0.717) is 5.71 Å². The van der Waals surface area contributed by atoms with E-state index in [9.17, 15) is 4.79 Å². The molecule has 0 bridgehead atoms. The van der Waals surface area contributed by atoms with Gasteiger partial charge in [0.15, 0.2) is 0 Å². The molecule has 0 saturated carbocycles. The molecule has 0 saturated heterocycles. The summed E-state index contributed by atoms with van der Waals surface area (Å²) < 4.78 is 0. The predicted molar refractivity (Wildman–Crippen MR) is 92.4 cm³/mol. The molecule has 0 atom stereocenters. The molecule has 1 aromatic carbocycles. The van der Waals surface area contributed by atoms with E-state index in [1.54, 1.807) is 31.4 Å². The maximum Gasteiger partial charge on any atom is 0.272 e. The third kappa shape index (κ3) is 3.06. The molecule has 0 N–H and O–H groups in total. The smallest absolute Gasteiger partial charge is 0.272 e. The van der Waals surface area contributed by atoms with Crippen LogP contribution in [0.5, 0.6) is 0 Å². The number of aromatic nitrogens is 1. The van der Waals surface area contributed by atoms with Crippen molar-refractivity contribution >= 4 is 11.6 Å². The number of aliphatic imine (C=N–C) groups is 1. The van der Waals surface area contributed by atoms with Crippen molar-refractivity contribution in [2.45, 2.75) is 13.3 Å². The van der Waals surface area contributed by atoms with Gasteiger partial charge in [-0.05, 0) is 48.2 Å². The molecule has 23 heavy (non-hydrogen) atoms. The van der Waals surface area contributed by atoms with E-state index >= 15 is 0 Å². The SMILES string of the molecule is CC1=CCc2ccc(-c3ccncc3)cc2C(C(=O)N(C)C)=N1. The van der Waals surface area contributed by atoms with Gasteiger partial charge in [0.25, 0.3) is 5.91 Å². The summed E-state index contributed by atoms with van der Waals surface area (Å²) in [5, 5.41) is 0. The Morgan fingerprint density at radius 2 is 1.83 bits per heavy atom. The molecule has 0 fully saturated rings. The minimum Gasteiger partial charge on any atom is -0.343 e. The van der Waals surface area contributed by atoms with Crippen molar-refractivity contribution in [2.75, 3.05) is 14.1 Å². The molecule has 1 aromatic heterocycles. The van der Waals surface area contributed by atoms with Crippen molar-refractivity contribution in [3.8, 4) is 11.1 Å². The quantitative estimate of drug-likeness (QED) is 0.856. The molecule has 116 valence electrons. The highest BCUT2D eigenvalue weighted by Crippen LogP contribution is 2.25. The molecule has 4 nitrogen and oxygen atoms in total. The van der Waals surface area contributed by atoms with Crippen molar-refractivity contribution in [1.82, 2.24) is 9.88 Å². The van der Waals surface area contributed by atoms with Crippen LogP contribution < -0.4 is 0 Å². The molecule has 3 rings (SSSR count). The highest BCUT2D eigenvalue weighted by Gasteiger charge is 2.21. The second-order valence-corrected chi connectivity index (χ2v) is 5.82. The summed E-state index contributed by atoms with van der Waals surface area (Å²) in [4.78, 5) is 22.7. The zero-order valence-electron chi connectivity index (χ0n) is 13.6. The fourth-order valence-electron chi connectivity index (χ4n) is 2.61. The van der Waals surface area contributed by atoms with Gasteiger partial charge in [-0.2, -0.15) is 0 Å². The number of fused-ring (bicyclic) bond motifs is 1. The monoisotopic (exact) mass is 305 g/mol. The fraction of sp³-hybridized carbons (Fsp3) is 0.211. The molecule has 1 aliphatic rings. The lowest BCUT2D eigenvalue weighted by atomic mass is 9.95. The lowest BCUT2D eigenvalue weighted by Crippen LogP contribution is -2.31. The van der Waals surface area contributed by atoms with E-state index in [4.69, 9.17) is 0 Å². The maximum absolute atomic E-state index is 12.6. The Morgan fingerprint density at radius 3 is 2.52 bits per heavy atom. The summed E-state index contributed by atoms with van der Waals surface area (Å²) in [5.74, 6) is -0.0761. The van der Waals surface area contributed by atoms with Crippen LogP contribution in [-0.4, -0.2) is 35.6 Å². The number of pyridine rings is 1. The topological polar surface area (TPSA) is 45.6 Å². The van der Waals surface area contributed by atoms with Crippen LogP contribution in [0.1, 0.15) is 18.1 Å². The summed E-state index contributed by atoms with van der Waals surface area (Å²) in [5.41, 5.74) is 5.54. The van der Waals surface area contributed by atoms with Gasteiger partial charge in [0, 0.05) is 37.7 Å². The lowest BCUT2D eigenvalue weighted by Gasteiger charge is -2.15. The van der Waals surface area contributed by atoms with Gasteiger partial charge < -0.3 is 4.90 Å². The van der Waals surface area contributed by atoms with Crippen molar-refractivity contribution < 1.29 is 4.79 Å². The first-order valence-electron chi connectivity index (χ1n) is 7.57. The molecule has 2 aromatic rings. The number of allylic oxidation sites excluding steroid dienone is 2. The Hall–Kier alpha value is -2.75. The second kappa shape index (κ2) is 6.16. The minimum absolute atomic E-state index is 0.0761. The Labute approximate surface area is 136 Å². The van der Waals surface area contributed by atoms with Crippen LogP contribution in [-0.2, 0) is 11.2 Å². The summed E-state index contributed by atoms with van der Waals surface area (Å²) in [6, 6.07) is 10.1. The van der Waals surface area contributed by atoms with E-state index in [1.807, 2.05) is 19.1 Å². The number of hydrogen-bond donors (Lipinski definition) is 0. The first-order chi connectivity index (χ1) is 11.1. The number of hydrogen-bond acceptors (Lipinski definition) is 3. The van der Waals surface area contributed by atoms with Gasteiger partial charge in [0.1, 0.15) is 5.71 Å². The van der Waals surface area contributed by atoms with E-state index in [1.165, 1.54) is 0 Å². The lowest BCUT2D eigenvalue weighted by molar-refractivity contribution is -0.121. The molecular weight excluding hydrogens is 286 g/mol. The van der Waals surface area contributed by atoms with Gasteiger partial charge in [-0.3, -0.25) is 9.78 Å². The van der Waals surface area contributed by atoms with Gasteiger partial charge in [-0.25, -0.2) is 4.99 Å². The molecule has 1 aliphatic heterocycles. The Balaban J connectivity index is 2.15. The summed E-state index contributed by atoms with van der Waals surface area (Å²) in [6.07, 6.45) is 6.38. The van der Waals surface area contributed by atoms with Crippen molar-refractivity contribution in [2.24, 2.45) is 4.99 Å². The second-order valence-electron chi connectivity index (χ2n) is 5.82. The number of carbonyl (C=O) groups is 1. The molecule has 1 amide bonds. The Kier molecular flexibility index (Phi) is 4.06. The zero-order valence-corrected chi connectivity index (χ0v) is 13.6. The highest BCUT2D eigenvalue weighted by atomic mass is 16.2. The van der Waals surface area contributed by atoms with Gasteiger partial charge in [0.2, 0.25) is 0 Å². The maximum atomic E-state index is 12.6. The van der Waals surface area contributed by atoms with Crippen molar-refractivity contribution in [3.63, 3.8) is 0 Å². The molecule has 2 heterocycles. The van der Waals surface area contributed by atoms with Gasteiger partial charge in [-0.15, -0.1) is 0 Å². The third-order valence-electron chi connectivity index (χ3n) is 3.89. The van der Waals surface area contributed by atoms with Crippen molar-refractivity contribution in [3.05, 3.63) is 65.6 Å². The first-order valence-corrected chi connectivity index (χ1v) is 7.57. The van der Waals surface area contributed by atoms with Gasteiger partial charge >= 0.3 is 0 Å². The number of carbonyl (C=O) groups excluding carboxylic acids is 1. The van der Waals surface area contributed by atoms with E-state index < -0.39 is 0 Å². The fourth-order valence-corrected chi connectivity index (χ4v) is 2.61. The van der Waals surface area contributed by atoms with Crippen LogP contribution >= 0.6 is 0 Å². The average molecular weight is 305 g/mol. The number of likely N-dealkylation sites (N-methyl/N-ethyl adjacent to an activating group) is 1. The number of benzene rings is 1. The Bertz CT molecular complexity index is 805. The summed E-state index contributed by atoms with van der Waals surface area (Å²) in [6.45, 7) is 1.93. The van der Waals surface area contributed by atoms with E-state index in [0.717, 1.165) is 34.4 Å². The third-order valence-corrected chi connectivity index (χ3v) is 3.89. The molecular formula is C19H19N3O. The minimum atomic E-state index is -0.0761. The molecule has 0 aliphatic carbocycles. The highest BCUT2D eigenvalue weighted by molar-refractivity contribution is 6.45. The van der Waals surface area contributed by atoms with Crippen LogP contribution in [0, 0.1) is 0 Å². The van der Waals surface area contributed by atoms with E-state index in [-0.39, 0.29) is 5.91 Å². The van der Waals surface area contributed by atoms with Gasteiger partial charge in [-0.1, -0.05) is 18.2 Å². The molecule has 0 unspecified atom stereocenters. The van der Waals surface area contributed by atoms with Crippen molar-refractivity contribution in [1.29, 1.82) is 0 Å². The number of nitrogens with zero attached hydrogens (tertiary/aromatic N) is 3. The molecule has 0 radical (unpaired) electrons. The average Bonchev–Trinajstić information content (AvgIpc) is 2.73. The molecule has 0 spiro atoms. The number of rotatable bonds is 2. The molecule has 4 heteroatoms. The summed E-state index contributed by atoms with van der Waals surface area (Å²) >= 11 is 0. The van der Waals surface area contributed by atoms with Crippen LogP contribution in [0.15, 0.2) is 59.5 Å². The van der Waals surface area contributed by atoms with Crippen LogP contribution in [0.25, 0.3) is 11.1 Å². The van der Waals surface area contributed by atoms with Crippen LogP contribution in [0.2, 0.25) is 0 Å². The van der Waals surface area contributed by atoms with Gasteiger partial charge in [0.05, 0.1) is 0 Å². The zero-order chi connectivity index (χ0) is 16.4.